The summed E-state index contributed by atoms with van der Waals surface area (Å²) in [5.41, 5.74) is 7.75. The van der Waals surface area contributed by atoms with Crippen LogP contribution < -0.4 is 4.74 Å². The van der Waals surface area contributed by atoms with Gasteiger partial charge in [-0.25, -0.2) is 0 Å². The van der Waals surface area contributed by atoms with Crippen molar-refractivity contribution in [2.24, 2.45) is 5.92 Å². The highest BCUT2D eigenvalue weighted by Crippen LogP contribution is 2.41. The third kappa shape index (κ3) is 20.1. The molecular formula is C87H97NO14. The van der Waals surface area contributed by atoms with Crippen LogP contribution in [0.5, 0.6) is 5.75 Å². The van der Waals surface area contributed by atoms with Gasteiger partial charge in [0.2, 0.25) is 0 Å². The van der Waals surface area contributed by atoms with Crippen molar-refractivity contribution in [1.82, 2.24) is 4.90 Å². The number of carbonyl (C=O) groups is 3. The first-order valence-corrected chi connectivity index (χ1v) is 36.5. The fraction of sp³-hybridized carbons (Fsp3) is 0.391. The third-order valence-electron chi connectivity index (χ3n) is 19.8. The second kappa shape index (κ2) is 38.3. The normalized spacial score (nSPS) is 23.9. The molecule has 0 aliphatic carbocycles. The molecule has 0 unspecified atom stereocenters. The quantitative estimate of drug-likeness (QED) is 0.0206. The highest BCUT2D eigenvalue weighted by Gasteiger charge is 2.54. The van der Waals surface area contributed by atoms with Crippen LogP contribution in [0.3, 0.4) is 0 Å². The molecule has 4 heterocycles. The molecule has 8 aromatic carbocycles. The molecular weight excluding hydrogens is 1280 g/mol. The molecule has 15 nitrogen and oxygen atoms in total. The molecule has 2 amide bonds. The summed E-state index contributed by atoms with van der Waals surface area (Å²) < 4.78 is 74.9. The Bertz CT molecular complexity index is 3810. The maximum Gasteiger partial charge on any atom is 0.261 e. The minimum Gasteiger partial charge on any atom is -0.497 e. The molecule has 534 valence electrons. The number of unbranched alkanes of at least 4 members (excludes halogenated alkanes) is 7. The Morgan fingerprint density at radius 1 is 0.431 bits per heavy atom. The van der Waals surface area contributed by atoms with E-state index in [2.05, 4.69) is 0 Å². The number of Topliss-reactive ketones (excluding diaryl/α,β-unsaturated/α-hetero) is 1. The van der Waals surface area contributed by atoms with Gasteiger partial charge in [-0.15, -0.1) is 0 Å². The predicted molar refractivity (Wildman–Crippen MR) is 390 cm³/mol. The zero-order chi connectivity index (χ0) is 70.1. The van der Waals surface area contributed by atoms with Gasteiger partial charge in [-0.05, 0) is 95.5 Å². The van der Waals surface area contributed by atoms with Gasteiger partial charge in [0.15, 0.2) is 5.78 Å². The molecule has 12 atom stereocenters. The summed E-state index contributed by atoms with van der Waals surface area (Å²) in [6.07, 6.45) is 2.78. The van der Waals surface area contributed by atoms with Crippen molar-refractivity contribution in [3.05, 3.63) is 292 Å². The zero-order valence-electron chi connectivity index (χ0n) is 58.7. The standard InChI is InChI=1S/C87H97NO14/c1-62-81(96-55-64-33-17-10-18-34-64)85(100-59-68-41-25-14-26-42-68)84(99-58-67-39-23-13-24-40-67)77(101-62)52-74-76(102-78(61-94-54-63-31-15-9-16-32-63)83(80(74)89)98-57-66-37-21-12-22-38-66)51-70-60-95-75(45-27-7-5-3-4-6-8-30-50-93-53-69-46-48-71(92-2)49-47-69)79(82(70)97-56-65-35-19-11-20-36-65)88-86(90)72-43-28-29-44-73(72)87(88)91/h9-26,28-29,31-44,46-49,52,62,70,75-79,81-85H,3-8,27,30,45,50-51,53-61H2,1-2H3/b74-52-/t62-,70+,75-,76-,77-,78+,79-,81+,82-,83-,84+,85+/m0/s1. The Hall–Kier alpha value is -8.29. The minimum absolute atomic E-state index is 0.00926. The van der Waals surface area contributed by atoms with Gasteiger partial charge in [-0.1, -0.05) is 251 Å². The fourth-order valence-electron chi connectivity index (χ4n) is 14.4. The average molecular weight is 1380 g/mol. The number of hydrogen-bond donors (Lipinski definition) is 0. The van der Waals surface area contributed by atoms with Crippen LogP contribution in [-0.4, -0.2) is 117 Å². The van der Waals surface area contributed by atoms with Gasteiger partial charge >= 0.3 is 0 Å². The van der Waals surface area contributed by atoms with E-state index in [1.807, 2.05) is 219 Å². The fourth-order valence-corrected chi connectivity index (χ4v) is 14.4. The van der Waals surface area contributed by atoms with Crippen molar-refractivity contribution < 1.29 is 66.5 Å². The smallest absolute Gasteiger partial charge is 0.261 e. The lowest BCUT2D eigenvalue weighted by molar-refractivity contribution is -0.252. The van der Waals surface area contributed by atoms with Gasteiger partial charge in [0.05, 0.1) is 108 Å². The van der Waals surface area contributed by atoms with E-state index in [-0.39, 0.29) is 65.1 Å². The number of imide groups is 1. The van der Waals surface area contributed by atoms with Crippen molar-refractivity contribution in [2.75, 3.05) is 26.9 Å². The van der Waals surface area contributed by atoms with Crippen molar-refractivity contribution in [2.45, 2.75) is 184 Å². The van der Waals surface area contributed by atoms with Crippen molar-refractivity contribution in [3.63, 3.8) is 0 Å². The first-order valence-electron chi connectivity index (χ1n) is 36.5. The largest absolute Gasteiger partial charge is 0.497 e. The van der Waals surface area contributed by atoms with Gasteiger partial charge in [0.25, 0.3) is 11.8 Å². The van der Waals surface area contributed by atoms with Crippen molar-refractivity contribution in [1.29, 1.82) is 0 Å². The number of nitrogens with zero attached hydrogens (tertiary/aromatic N) is 1. The van der Waals surface area contributed by atoms with E-state index >= 15 is 14.4 Å². The average Bonchev–Trinajstić information content (AvgIpc) is 1.50. The molecule has 15 heteroatoms. The summed E-state index contributed by atoms with van der Waals surface area (Å²) in [7, 11) is 1.67. The lowest BCUT2D eigenvalue weighted by Crippen LogP contribution is -2.62. The number of ketones is 1. The van der Waals surface area contributed by atoms with E-state index in [4.69, 9.17) is 52.1 Å². The molecule has 3 saturated heterocycles. The maximum absolute atomic E-state index is 16.4. The molecule has 0 spiro atoms. The third-order valence-corrected chi connectivity index (χ3v) is 19.8. The van der Waals surface area contributed by atoms with Gasteiger partial charge < -0.3 is 52.1 Å². The summed E-state index contributed by atoms with van der Waals surface area (Å²) >= 11 is 0. The van der Waals surface area contributed by atoms with E-state index < -0.39 is 84.8 Å². The number of carbonyl (C=O) groups excluding carboxylic acids is 3. The summed E-state index contributed by atoms with van der Waals surface area (Å²) in [5, 5.41) is 0. The highest BCUT2D eigenvalue weighted by molar-refractivity contribution is 6.21. The van der Waals surface area contributed by atoms with Crippen LogP contribution in [0.4, 0.5) is 0 Å². The number of rotatable bonds is 37. The molecule has 0 radical (unpaired) electrons. The van der Waals surface area contributed by atoms with Crippen LogP contribution in [0.15, 0.2) is 242 Å². The van der Waals surface area contributed by atoms with Crippen LogP contribution in [0.2, 0.25) is 0 Å². The Morgan fingerprint density at radius 2 is 0.863 bits per heavy atom. The highest BCUT2D eigenvalue weighted by atomic mass is 16.6. The van der Waals surface area contributed by atoms with Gasteiger partial charge in [-0.3, -0.25) is 19.3 Å². The van der Waals surface area contributed by atoms with Crippen molar-refractivity contribution in [3.8, 4) is 5.75 Å². The van der Waals surface area contributed by atoms with E-state index in [9.17, 15) is 0 Å². The number of fused-ring (bicyclic) bond motifs is 1. The molecule has 3 fully saturated rings. The summed E-state index contributed by atoms with van der Waals surface area (Å²) in [6, 6.07) is 73.7. The molecule has 12 rings (SSSR count). The molecule has 0 bridgehead atoms. The molecule has 0 aromatic heterocycles. The number of amides is 2. The van der Waals surface area contributed by atoms with E-state index in [0.717, 1.165) is 103 Å². The Labute approximate surface area is 601 Å². The van der Waals surface area contributed by atoms with Crippen molar-refractivity contribution >= 4 is 17.6 Å². The molecule has 8 aromatic rings. The number of methoxy groups -OCH3 is 1. The predicted octanol–water partition coefficient (Wildman–Crippen LogP) is 16.0. The number of hydrogen-bond acceptors (Lipinski definition) is 14. The van der Waals surface area contributed by atoms with Crippen LogP contribution >= 0.6 is 0 Å². The van der Waals surface area contributed by atoms with E-state index in [1.54, 1.807) is 31.4 Å². The van der Waals surface area contributed by atoms with Gasteiger partial charge in [-0.2, -0.15) is 0 Å². The van der Waals surface area contributed by atoms with Gasteiger partial charge in [0.1, 0.15) is 42.4 Å². The van der Waals surface area contributed by atoms with Crippen LogP contribution in [0.1, 0.15) is 131 Å². The van der Waals surface area contributed by atoms with Crippen LogP contribution in [0, 0.1) is 5.92 Å². The summed E-state index contributed by atoms with van der Waals surface area (Å²) in [5.74, 6) is -0.821. The molecule has 4 aliphatic rings. The minimum atomic E-state index is -1.14. The monoisotopic (exact) mass is 1380 g/mol. The SMILES string of the molecule is COc1ccc(COCCCCCCCCCC[C@@H]2OC[C@@H](C[C@@H]3O[C@H](COCc4ccccc4)[C@H](OCc4ccccc4)C(=O)/C3=C\[C@@H]3O[C@@H](C)[C@@H](OCc4ccccc4)[C@@H](OCc4ccccc4)[C@@H]3OCc3ccccc3)[C@H](OCc3ccccc3)[C@H]2N2C(=O)c3ccccc3C2=O)cc1. The lowest BCUT2D eigenvalue weighted by atomic mass is 9.80. The maximum atomic E-state index is 16.4. The number of ether oxygens (including phenoxy) is 11. The van der Waals surface area contributed by atoms with E-state index in [1.165, 1.54) is 4.90 Å². The Morgan fingerprint density at radius 3 is 1.38 bits per heavy atom. The first kappa shape index (κ1) is 73.5. The summed E-state index contributed by atoms with van der Waals surface area (Å²) in [4.78, 5) is 48.0. The summed E-state index contributed by atoms with van der Waals surface area (Å²) in [6.45, 7) is 4.74. The van der Waals surface area contributed by atoms with Crippen LogP contribution in [0.25, 0.3) is 0 Å². The number of benzene rings is 8. The molecule has 0 saturated carbocycles. The molecule has 0 N–H and O–H groups in total. The second-order valence-electron chi connectivity index (χ2n) is 27.1. The zero-order valence-corrected chi connectivity index (χ0v) is 58.7. The molecule has 4 aliphatic heterocycles. The van der Waals surface area contributed by atoms with Gasteiger partial charge in [0, 0.05) is 18.1 Å². The van der Waals surface area contributed by atoms with Crippen LogP contribution in [-0.2, 0) is 98.4 Å². The second-order valence-corrected chi connectivity index (χ2v) is 27.1. The lowest BCUT2D eigenvalue weighted by Gasteiger charge is -2.48. The Balaban J connectivity index is 0.865. The topological polar surface area (TPSA) is 156 Å². The molecule has 102 heavy (non-hydrogen) atoms. The first-order chi connectivity index (χ1) is 50.2. The Kier molecular flexibility index (Phi) is 27.6. The van der Waals surface area contributed by atoms with E-state index in [0.29, 0.717) is 29.7 Å².